The van der Waals surface area contributed by atoms with E-state index >= 15 is 0 Å². The van der Waals surface area contributed by atoms with E-state index in [-0.39, 0.29) is 24.0 Å². The first-order chi connectivity index (χ1) is 15.0. The number of nitrogen functional groups attached to an aromatic ring is 2. The number of anilines is 3. The fourth-order valence-electron chi connectivity index (χ4n) is 4.94. The maximum atomic E-state index is 12.4. The molecular weight excluding hydrogens is 513 g/mol. The van der Waals surface area contributed by atoms with Gasteiger partial charge >= 0.3 is 194 Å². The van der Waals surface area contributed by atoms with Gasteiger partial charge in [-0.3, -0.25) is 0 Å². The second-order valence-electron chi connectivity index (χ2n) is 8.20. The molecule has 0 saturated carbocycles. The molecule has 0 spiro atoms. The van der Waals surface area contributed by atoms with Crippen molar-refractivity contribution in [2.24, 2.45) is 0 Å². The van der Waals surface area contributed by atoms with Gasteiger partial charge < -0.3 is 0 Å². The molecule has 0 atom stereocenters. The van der Waals surface area contributed by atoms with Gasteiger partial charge in [0, 0.05) is 0 Å². The number of carbonyl (C=O) groups is 2. The molecule has 0 radical (unpaired) electrons. The van der Waals surface area contributed by atoms with E-state index in [4.69, 9.17) is 23.1 Å². The summed E-state index contributed by atoms with van der Waals surface area (Å²) in [5, 5.41) is 2.90. The molecule has 5 nitrogen and oxygen atoms in total. The topological polar surface area (TPSA) is 98.2 Å². The number of carbonyl (C=O) groups excluding carboxylic acids is 2. The predicted octanol–water partition coefficient (Wildman–Crippen LogP) is 2.80. The number of nitrogens with two attached hydrogens (primary N) is 2. The summed E-state index contributed by atoms with van der Waals surface area (Å²) in [4.78, 5) is 24.1. The zero-order valence-electron chi connectivity index (χ0n) is 16.9. The SMILES string of the molecule is Nc1ccc(NC(=O)CC(=O)CCl)c(-c2ccc(N)c3[c]2[In]2[CH2]Cc4cc-3cc[c]42)c1. The number of ketones is 1. The molecule has 7 heteroatoms. The fraction of sp³-hybridized carbons (Fsp3) is 0.167. The standard InChI is InChI=1S/C24H21ClN3O2.In/c1-2-15-4-3-5-16(10-15)20-11-17(6-8-22(20)27)21-12-18(26)7-9-23(21)28-24(30)13-19(29)14-25;/h3,5-10,12H,1-2,13-14,26-27H2,(H,28,30);. The summed E-state index contributed by atoms with van der Waals surface area (Å²) in [5.41, 5.74) is 20.5. The Balaban J connectivity index is 1.67. The summed E-state index contributed by atoms with van der Waals surface area (Å²) in [6, 6.07) is 16.3. The molecule has 154 valence electrons. The Hall–Kier alpha value is -2.44. The first kappa shape index (κ1) is 20.5. The molecule has 4 bridgehead atoms. The molecule has 3 aromatic rings. The van der Waals surface area contributed by atoms with Crippen LogP contribution in [0.15, 0.2) is 48.5 Å². The van der Waals surface area contributed by atoms with E-state index in [1.54, 1.807) is 15.5 Å². The van der Waals surface area contributed by atoms with Crippen LogP contribution in [0, 0.1) is 0 Å². The van der Waals surface area contributed by atoms with Crippen molar-refractivity contribution in [2.45, 2.75) is 17.0 Å². The molecule has 0 fully saturated rings. The van der Waals surface area contributed by atoms with Gasteiger partial charge in [-0.15, -0.1) is 0 Å². The molecule has 1 amide bonds. The summed E-state index contributed by atoms with van der Waals surface area (Å²) in [5.74, 6) is -0.867. The number of fused-ring (bicyclic) bond motifs is 1. The molecule has 3 aliphatic rings. The average Bonchev–Trinajstić information content (AvgIpc) is 3.03. The number of alkyl halides is 1. The van der Waals surface area contributed by atoms with Crippen molar-refractivity contribution in [3.8, 4) is 22.3 Å². The summed E-state index contributed by atoms with van der Waals surface area (Å²) < 4.78 is 4.18. The Morgan fingerprint density at radius 1 is 1.03 bits per heavy atom. The minimum absolute atomic E-state index is 0.177. The van der Waals surface area contributed by atoms with Gasteiger partial charge in [-0.05, 0) is 0 Å². The predicted molar refractivity (Wildman–Crippen MR) is 129 cm³/mol. The minimum atomic E-state index is -2.32. The molecule has 0 aliphatic carbocycles. The molecule has 5 N–H and O–H groups in total. The van der Waals surface area contributed by atoms with Gasteiger partial charge in [0.1, 0.15) is 0 Å². The number of Topliss-reactive ketones (excluding diaryl/α,β-unsaturated/α-hetero) is 1. The van der Waals surface area contributed by atoms with Crippen LogP contribution in [0.1, 0.15) is 12.0 Å². The van der Waals surface area contributed by atoms with Crippen molar-refractivity contribution < 1.29 is 9.59 Å². The van der Waals surface area contributed by atoms with E-state index in [1.165, 1.54) is 18.6 Å². The summed E-state index contributed by atoms with van der Waals surface area (Å²) >= 11 is 3.24. The fourth-order valence-corrected chi connectivity index (χ4v) is 15.9. The van der Waals surface area contributed by atoms with Gasteiger partial charge in [-0.25, -0.2) is 0 Å². The Bertz CT molecular complexity index is 1260. The third kappa shape index (κ3) is 3.52. The van der Waals surface area contributed by atoms with Crippen molar-refractivity contribution in [2.75, 3.05) is 22.7 Å². The first-order valence-electron chi connectivity index (χ1n) is 10.3. The quantitative estimate of drug-likeness (QED) is 0.267. The molecule has 0 aromatic heterocycles. The normalized spacial score (nSPS) is 13.1. The van der Waals surface area contributed by atoms with Crippen LogP contribution in [0.4, 0.5) is 17.1 Å². The van der Waals surface area contributed by atoms with Crippen LogP contribution in [0.3, 0.4) is 0 Å². The Morgan fingerprint density at radius 3 is 2.68 bits per heavy atom. The Morgan fingerprint density at radius 2 is 1.87 bits per heavy atom. The van der Waals surface area contributed by atoms with Crippen LogP contribution in [-0.2, 0) is 16.0 Å². The van der Waals surface area contributed by atoms with Gasteiger partial charge in [-0.2, -0.15) is 0 Å². The molecular formula is C24H21ClInN3O2. The van der Waals surface area contributed by atoms with Crippen molar-refractivity contribution in [3.05, 3.63) is 54.1 Å². The van der Waals surface area contributed by atoms with E-state index in [9.17, 15) is 9.59 Å². The van der Waals surface area contributed by atoms with Gasteiger partial charge in [0.25, 0.3) is 0 Å². The van der Waals surface area contributed by atoms with Crippen molar-refractivity contribution in [3.63, 3.8) is 0 Å². The van der Waals surface area contributed by atoms with Crippen LogP contribution in [0.2, 0.25) is 4.18 Å². The molecule has 31 heavy (non-hydrogen) atoms. The first-order valence-corrected chi connectivity index (χ1v) is 16.4. The number of rotatable bonds is 5. The Kier molecular flexibility index (Phi) is 5.22. The van der Waals surface area contributed by atoms with Crippen LogP contribution in [0.25, 0.3) is 22.3 Å². The molecule has 0 unspecified atom stereocenters. The number of hydrogen-bond donors (Lipinski definition) is 3. The number of aryl methyl sites for hydroxylation is 1. The number of benzene rings is 3. The molecule has 0 saturated heterocycles. The second kappa shape index (κ2) is 7.92. The van der Waals surface area contributed by atoms with Gasteiger partial charge in [0.05, 0.1) is 0 Å². The van der Waals surface area contributed by atoms with E-state index in [1.807, 2.05) is 12.1 Å². The van der Waals surface area contributed by atoms with Gasteiger partial charge in [0.2, 0.25) is 0 Å². The summed E-state index contributed by atoms with van der Waals surface area (Å²) in [6.07, 6.45) is 0.890. The van der Waals surface area contributed by atoms with Crippen molar-refractivity contribution in [1.82, 2.24) is 0 Å². The van der Waals surface area contributed by atoms with E-state index in [2.05, 4.69) is 29.6 Å². The van der Waals surface area contributed by atoms with Crippen molar-refractivity contribution in [1.29, 1.82) is 0 Å². The number of amides is 1. The summed E-state index contributed by atoms with van der Waals surface area (Å²) in [6.45, 7) is 0. The Labute approximate surface area is 193 Å². The van der Waals surface area contributed by atoms with Gasteiger partial charge in [-0.1, -0.05) is 0 Å². The zero-order valence-corrected chi connectivity index (χ0v) is 20.9. The zero-order chi connectivity index (χ0) is 21.7. The third-order valence-electron chi connectivity index (χ3n) is 6.25. The van der Waals surface area contributed by atoms with Gasteiger partial charge in [0.15, 0.2) is 0 Å². The number of hydrogen-bond acceptors (Lipinski definition) is 4. The van der Waals surface area contributed by atoms with Crippen molar-refractivity contribution >= 4 is 68.4 Å². The van der Waals surface area contributed by atoms with E-state index < -0.39 is 21.4 Å². The second-order valence-corrected chi connectivity index (χ2v) is 16.7. The van der Waals surface area contributed by atoms with E-state index in [0.29, 0.717) is 11.4 Å². The number of halogens is 1. The molecule has 3 heterocycles. The average molecular weight is 534 g/mol. The summed E-state index contributed by atoms with van der Waals surface area (Å²) in [7, 11) is 0. The molecule has 3 aliphatic heterocycles. The van der Waals surface area contributed by atoms with Crippen LogP contribution in [0.5, 0.6) is 0 Å². The van der Waals surface area contributed by atoms with E-state index in [0.717, 1.165) is 28.8 Å². The molecule has 6 rings (SSSR count). The maximum absolute atomic E-state index is 12.4. The number of nitrogens with one attached hydrogen (secondary N) is 1. The molecule has 3 aromatic carbocycles. The van der Waals surface area contributed by atoms with Crippen LogP contribution < -0.4 is 23.4 Å². The third-order valence-corrected chi connectivity index (χ3v) is 16.5. The van der Waals surface area contributed by atoms with Crippen LogP contribution >= 0.6 is 11.6 Å². The monoisotopic (exact) mass is 533 g/mol. The van der Waals surface area contributed by atoms with Crippen LogP contribution in [-0.4, -0.2) is 39.0 Å².